The lowest BCUT2D eigenvalue weighted by atomic mass is 10.1. The monoisotopic (exact) mass is 336 g/mol. The smallest absolute Gasteiger partial charge is 0.227 e. The molecular weight excluding hydrogens is 312 g/mol. The normalized spacial score (nSPS) is 17.2. The van der Waals surface area contributed by atoms with E-state index in [1.54, 1.807) is 17.0 Å². The van der Waals surface area contributed by atoms with Gasteiger partial charge in [0.2, 0.25) is 17.6 Å². The van der Waals surface area contributed by atoms with E-state index in [1.165, 1.54) is 21.3 Å². The van der Waals surface area contributed by atoms with Crippen molar-refractivity contribution >= 4 is 17.5 Å². The Kier molecular flexibility index (Phi) is 5.54. The molecule has 0 spiro atoms. The first-order valence-corrected chi connectivity index (χ1v) is 7.82. The van der Waals surface area contributed by atoms with Crippen molar-refractivity contribution in [3.63, 3.8) is 0 Å². The highest BCUT2D eigenvalue weighted by Crippen LogP contribution is 2.42. The molecule has 2 amide bonds. The third kappa shape index (κ3) is 3.55. The van der Waals surface area contributed by atoms with Crippen LogP contribution in [0.2, 0.25) is 0 Å². The highest BCUT2D eigenvalue weighted by Gasteiger charge is 2.36. The van der Waals surface area contributed by atoms with Crippen molar-refractivity contribution in [2.24, 2.45) is 5.92 Å². The van der Waals surface area contributed by atoms with Crippen LogP contribution in [-0.2, 0) is 9.59 Å². The maximum Gasteiger partial charge on any atom is 0.227 e. The van der Waals surface area contributed by atoms with Crippen LogP contribution < -0.4 is 24.4 Å². The minimum atomic E-state index is -0.362. The van der Waals surface area contributed by atoms with Crippen molar-refractivity contribution in [1.82, 2.24) is 5.32 Å². The third-order valence-electron chi connectivity index (χ3n) is 3.89. The summed E-state index contributed by atoms with van der Waals surface area (Å²) in [6.07, 6.45) is 0.190. The minimum Gasteiger partial charge on any atom is -0.493 e. The van der Waals surface area contributed by atoms with Crippen LogP contribution in [0.1, 0.15) is 20.3 Å². The van der Waals surface area contributed by atoms with Gasteiger partial charge in [0, 0.05) is 31.1 Å². The number of methoxy groups -OCH3 is 3. The standard InChI is InChI=1S/C17H24N2O5/c1-10(2)18-17(21)11-6-15(20)19(9-11)12-7-13(22-3)16(24-5)14(8-12)23-4/h7-8,10-11H,6,9H2,1-5H3,(H,18,21)/t11-/m0/s1. The molecule has 0 bridgehead atoms. The molecule has 7 nitrogen and oxygen atoms in total. The van der Waals surface area contributed by atoms with Crippen LogP contribution >= 0.6 is 0 Å². The molecule has 2 rings (SSSR count). The van der Waals surface area contributed by atoms with Crippen LogP contribution in [0.25, 0.3) is 0 Å². The predicted molar refractivity (Wildman–Crippen MR) is 89.8 cm³/mol. The third-order valence-corrected chi connectivity index (χ3v) is 3.89. The fourth-order valence-corrected chi connectivity index (χ4v) is 2.76. The van der Waals surface area contributed by atoms with Crippen LogP contribution in [0.3, 0.4) is 0 Å². The van der Waals surface area contributed by atoms with Gasteiger partial charge in [0.25, 0.3) is 0 Å². The van der Waals surface area contributed by atoms with Gasteiger partial charge in [-0.05, 0) is 13.8 Å². The molecule has 1 fully saturated rings. The molecular formula is C17H24N2O5. The molecule has 0 saturated carbocycles. The average molecular weight is 336 g/mol. The molecule has 1 heterocycles. The summed E-state index contributed by atoms with van der Waals surface area (Å²) in [6.45, 7) is 4.12. The van der Waals surface area contributed by atoms with Crippen molar-refractivity contribution in [1.29, 1.82) is 0 Å². The second-order valence-corrected chi connectivity index (χ2v) is 5.95. The van der Waals surface area contributed by atoms with E-state index in [4.69, 9.17) is 14.2 Å². The highest BCUT2D eigenvalue weighted by molar-refractivity contribution is 6.00. The van der Waals surface area contributed by atoms with Crippen LogP contribution in [0.5, 0.6) is 17.2 Å². The van der Waals surface area contributed by atoms with E-state index in [2.05, 4.69) is 5.32 Å². The Morgan fingerprint density at radius 2 is 1.75 bits per heavy atom. The molecule has 1 aromatic carbocycles. The van der Waals surface area contributed by atoms with E-state index in [1.807, 2.05) is 13.8 Å². The molecule has 0 aromatic heterocycles. The number of carbonyl (C=O) groups is 2. The van der Waals surface area contributed by atoms with Gasteiger partial charge in [0.1, 0.15) is 0 Å². The lowest BCUT2D eigenvalue weighted by Crippen LogP contribution is -2.36. The predicted octanol–water partition coefficient (Wildman–Crippen LogP) is 1.59. The SMILES string of the molecule is COc1cc(N2C[C@@H](C(=O)NC(C)C)CC2=O)cc(OC)c1OC. The summed E-state index contributed by atoms with van der Waals surface area (Å²) in [5.41, 5.74) is 0.620. The van der Waals surface area contributed by atoms with Crippen LogP contribution in [-0.4, -0.2) is 45.7 Å². The molecule has 7 heteroatoms. The Morgan fingerprint density at radius 3 is 2.21 bits per heavy atom. The number of amides is 2. The number of hydrogen-bond acceptors (Lipinski definition) is 5. The molecule has 1 aliphatic heterocycles. The molecule has 0 unspecified atom stereocenters. The number of carbonyl (C=O) groups excluding carboxylic acids is 2. The summed E-state index contributed by atoms with van der Waals surface area (Å²) in [6, 6.07) is 3.46. The molecule has 1 atom stereocenters. The summed E-state index contributed by atoms with van der Waals surface area (Å²) in [5.74, 6) is 0.828. The van der Waals surface area contributed by atoms with Crippen molar-refractivity contribution in [2.75, 3.05) is 32.8 Å². The zero-order valence-electron chi connectivity index (χ0n) is 14.7. The Morgan fingerprint density at radius 1 is 1.17 bits per heavy atom. The van der Waals surface area contributed by atoms with Gasteiger partial charge in [0.05, 0.1) is 32.9 Å². The summed E-state index contributed by atoms with van der Waals surface area (Å²) < 4.78 is 15.9. The maximum absolute atomic E-state index is 12.4. The fraction of sp³-hybridized carbons (Fsp3) is 0.529. The summed E-state index contributed by atoms with van der Waals surface area (Å²) in [5, 5.41) is 2.85. The molecule has 132 valence electrons. The first-order chi connectivity index (χ1) is 11.4. The lowest BCUT2D eigenvalue weighted by Gasteiger charge is -2.20. The number of nitrogens with zero attached hydrogens (tertiary/aromatic N) is 1. The number of benzene rings is 1. The van der Waals surface area contributed by atoms with E-state index in [0.717, 1.165) is 0 Å². The summed E-state index contributed by atoms with van der Waals surface area (Å²) in [4.78, 5) is 26.1. The second kappa shape index (κ2) is 7.42. The number of hydrogen-bond donors (Lipinski definition) is 1. The molecule has 0 radical (unpaired) electrons. The van der Waals surface area contributed by atoms with Crippen LogP contribution in [0.15, 0.2) is 12.1 Å². The average Bonchev–Trinajstić information content (AvgIpc) is 2.94. The number of anilines is 1. The van der Waals surface area contributed by atoms with Crippen molar-refractivity contribution in [2.45, 2.75) is 26.3 Å². The molecule has 1 N–H and O–H groups in total. The van der Waals surface area contributed by atoms with E-state index in [0.29, 0.717) is 29.5 Å². The van der Waals surface area contributed by atoms with Gasteiger partial charge < -0.3 is 24.4 Å². The van der Waals surface area contributed by atoms with Crippen molar-refractivity contribution < 1.29 is 23.8 Å². The van der Waals surface area contributed by atoms with E-state index in [-0.39, 0.29) is 30.2 Å². The highest BCUT2D eigenvalue weighted by atomic mass is 16.5. The minimum absolute atomic E-state index is 0.0443. The Balaban J connectivity index is 2.28. The van der Waals surface area contributed by atoms with Gasteiger partial charge in [-0.3, -0.25) is 9.59 Å². The van der Waals surface area contributed by atoms with Crippen LogP contribution in [0.4, 0.5) is 5.69 Å². The number of rotatable bonds is 6. The van der Waals surface area contributed by atoms with Gasteiger partial charge >= 0.3 is 0 Å². The van der Waals surface area contributed by atoms with Gasteiger partial charge in [-0.1, -0.05) is 0 Å². The van der Waals surface area contributed by atoms with Gasteiger partial charge in [0.15, 0.2) is 11.5 Å². The first-order valence-electron chi connectivity index (χ1n) is 7.82. The number of ether oxygens (including phenoxy) is 3. The first kappa shape index (κ1) is 17.9. The quantitative estimate of drug-likeness (QED) is 0.854. The van der Waals surface area contributed by atoms with Crippen molar-refractivity contribution in [3.05, 3.63) is 12.1 Å². The van der Waals surface area contributed by atoms with Gasteiger partial charge in [-0.25, -0.2) is 0 Å². The molecule has 1 aromatic rings. The summed E-state index contributed by atoms with van der Waals surface area (Å²) >= 11 is 0. The zero-order chi connectivity index (χ0) is 17.9. The maximum atomic E-state index is 12.4. The Bertz CT molecular complexity index is 604. The lowest BCUT2D eigenvalue weighted by molar-refractivity contribution is -0.126. The molecule has 1 aliphatic rings. The van der Waals surface area contributed by atoms with Crippen molar-refractivity contribution in [3.8, 4) is 17.2 Å². The summed E-state index contributed by atoms with van der Waals surface area (Å²) in [7, 11) is 4.56. The number of nitrogens with one attached hydrogen (secondary N) is 1. The van der Waals surface area contributed by atoms with Gasteiger partial charge in [-0.2, -0.15) is 0 Å². The van der Waals surface area contributed by atoms with Crippen LogP contribution in [0, 0.1) is 5.92 Å². The Labute approximate surface area is 141 Å². The largest absolute Gasteiger partial charge is 0.493 e. The van der Waals surface area contributed by atoms with Gasteiger partial charge in [-0.15, -0.1) is 0 Å². The zero-order valence-corrected chi connectivity index (χ0v) is 14.7. The van der Waals surface area contributed by atoms with E-state index < -0.39 is 0 Å². The fourth-order valence-electron chi connectivity index (χ4n) is 2.76. The topological polar surface area (TPSA) is 77.1 Å². The molecule has 1 saturated heterocycles. The van der Waals surface area contributed by atoms with E-state index in [9.17, 15) is 9.59 Å². The van der Waals surface area contributed by atoms with E-state index >= 15 is 0 Å². The Hall–Kier alpha value is -2.44. The molecule has 24 heavy (non-hydrogen) atoms. The molecule has 0 aliphatic carbocycles. The second-order valence-electron chi connectivity index (χ2n) is 5.95.